The first-order chi connectivity index (χ1) is 16.2. The summed E-state index contributed by atoms with van der Waals surface area (Å²) in [6.45, 7) is 1.24. The molecule has 4 heterocycles. The van der Waals surface area contributed by atoms with E-state index in [1.807, 2.05) is 11.9 Å². The SMILES string of the molecule is CN1CC[C@@H](Nc2cccc3c(SC(F)(F)F)c(-c4noc([C@H]5CNC(=O)N5)n4)sc23)[C@@H](F)C1. The number of nitrogens with zero attached hydrogens (tertiary/aromatic N) is 3. The summed E-state index contributed by atoms with van der Waals surface area (Å²) in [5, 5.41) is 12.6. The molecule has 3 atom stereocenters. The maximum absolute atomic E-state index is 14.6. The smallest absolute Gasteiger partial charge is 0.378 e. The number of carbonyl (C=O) groups is 1. The highest BCUT2D eigenvalue weighted by Crippen LogP contribution is 2.50. The van der Waals surface area contributed by atoms with Crippen LogP contribution in [0.25, 0.3) is 20.8 Å². The van der Waals surface area contributed by atoms with E-state index >= 15 is 0 Å². The number of amides is 2. The first-order valence-electron chi connectivity index (χ1n) is 10.5. The lowest BCUT2D eigenvalue weighted by Gasteiger charge is -2.33. The van der Waals surface area contributed by atoms with Crippen molar-refractivity contribution in [2.24, 2.45) is 0 Å². The summed E-state index contributed by atoms with van der Waals surface area (Å²) >= 11 is 0.841. The zero-order chi connectivity index (χ0) is 24.0. The fourth-order valence-electron chi connectivity index (χ4n) is 4.07. The molecule has 3 N–H and O–H groups in total. The standard InChI is InChI=1S/C20H20F4N6O2S2/c1-30-6-5-11(10(21)8-30)26-12-4-2-3-9-14(12)33-16(15(9)34-20(22,23)24)17-28-18(32-29-17)13-7-25-19(31)27-13/h2-4,10-11,13,26H,5-8H2,1H3,(H2,25,27,31)/t10-,11+,13+/m0/s1. The molecule has 0 saturated carbocycles. The molecular formula is C20H20F4N6O2S2. The van der Waals surface area contributed by atoms with E-state index in [4.69, 9.17) is 4.52 Å². The van der Waals surface area contributed by atoms with Gasteiger partial charge in [-0.1, -0.05) is 17.3 Å². The molecule has 34 heavy (non-hydrogen) atoms. The molecule has 0 spiro atoms. The molecule has 0 bridgehead atoms. The number of fused-ring (bicyclic) bond motifs is 1. The van der Waals surface area contributed by atoms with Crippen molar-refractivity contribution < 1.29 is 26.9 Å². The normalized spacial score (nSPS) is 23.8. The maximum atomic E-state index is 14.6. The highest BCUT2D eigenvalue weighted by molar-refractivity contribution is 8.00. The predicted molar refractivity (Wildman–Crippen MR) is 121 cm³/mol. The van der Waals surface area contributed by atoms with Gasteiger partial charge >= 0.3 is 11.5 Å². The molecule has 5 rings (SSSR count). The van der Waals surface area contributed by atoms with Crippen LogP contribution in [0.4, 0.5) is 28.0 Å². The van der Waals surface area contributed by atoms with Crippen molar-refractivity contribution in [3.8, 4) is 10.7 Å². The Balaban J connectivity index is 1.53. The Morgan fingerprint density at radius 3 is 2.88 bits per heavy atom. The Morgan fingerprint density at radius 1 is 1.35 bits per heavy atom. The van der Waals surface area contributed by atoms with Gasteiger partial charge in [-0.25, -0.2) is 9.18 Å². The van der Waals surface area contributed by atoms with Gasteiger partial charge in [0.15, 0.2) is 0 Å². The number of piperidine rings is 1. The number of nitrogens with one attached hydrogen (secondary N) is 3. The fourth-order valence-corrected chi connectivity index (χ4v) is 6.17. The number of thioether (sulfide) groups is 1. The van der Waals surface area contributed by atoms with E-state index in [2.05, 4.69) is 26.1 Å². The van der Waals surface area contributed by atoms with Crippen molar-refractivity contribution in [1.29, 1.82) is 0 Å². The maximum Gasteiger partial charge on any atom is 0.446 e. The van der Waals surface area contributed by atoms with Crippen LogP contribution in [0.5, 0.6) is 0 Å². The van der Waals surface area contributed by atoms with Gasteiger partial charge in [0, 0.05) is 29.9 Å². The molecule has 8 nitrogen and oxygen atoms in total. The third-order valence-electron chi connectivity index (χ3n) is 5.69. The van der Waals surface area contributed by atoms with Crippen molar-refractivity contribution in [2.45, 2.75) is 35.1 Å². The molecule has 2 amide bonds. The van der Waals surface area contributed by atoms with E-state index in [0.29, 0.717) is 22.2 Å². The van der Waals surface area contributed by atoms with Gasteiger partial charge in [-0.15, -0.1) is 11.3 Å². The second-order valence-corrected chi connectivity index (χ2v) is 10.3. The molecule has 0 unspecified atom stereocenters. The highest BCUT2D eigenvalue weighted by Gasteiger charge is 2.35. The molecule has 2 aliphatic heterocycles. The number of hydrogen-bond donors (Lipinski definition) is 3. The van der Waals surface area contributed by atoms with Crippen LogP contribution in [0, 0.1) is 0 Å². The number of likely N-dealkylation sites (tertiary alicyclic amines) is 1. The van der Waals surface area contributed by atoms with Gasteiger partial charge < -0.3 is 25.4 Å². The van der Waals surface area contributed by atoms with E-state index in [1.165, 1.54) is 0 Å². The number of aromatic nitrogens is 2. The Bertz CT molecular complexity index is 1220. The molecule has 2 fully saturated rings. The minimum absolute atomic E-state index is 0.00212. The number of urea groups is 1. The summed E-state index contributed by atoms with van der Waals surface area (Å²) in [4.78, 5) is 17.7. The topological polar surface area (TPSA) is 95.3 Å². The number of carbonyl (C=O) groups excluding carboxylic acids is 1. The highest BCUT2D eigenvalue weighted by atomic mass is 32.2. The van der Waals surface area contributed by atoms with Crippen LogP contribution >= 0.6 is 23.1 Å². The van der Waals surface area contributed by atoms with Gasteiger partial charge in [-0.3, -0.25) is 0 Å². The Kier molecular flexibility index (Phi) is 6.06. The van der Waals surface area contributed by atoms with Gasteiger partial charge in [-0.05, 0) is 31.3 Å². The molecule has 2 aromatic heterocycles. The number of benzene rings is 1. The zero-order valence-corrected chi connectivity index (χ0v) is 19.4. The molecule has 182 valence electrons. The van der Waals surface area contributed by atoms with Crippen molar-refractivity contribution in [3.05, 3.63) is 24.1 Å². The molecule has 2 aliphatic rings. The van der Waals surface area contributed by atoms with E-state index in [0.717, 1.165) is 17.9 Å². The van der Waals surface area contributed by atoms with Gasteiger partial charge in [0.2, 0.25) is 5.82 Å². The van der Waals surface area contributed by atoms with Crippen LogP contribution in [0.3, 0.4) is 0 Å². The monoisotopic (exact) mass is 516 g/mol. The van der Waals surface area contributed by atoms with Crippen LogP contribution in [-0.4, -0.2) is 65.5 Å². The lowest BCUT2D eigenvalue weighted by molar-refractivity contribution is -0.0327. The molecule has 1 aromatic carbocycles. The van der Waals surface area contributed by atoms with Gasteiger partial charge in [0.25, 0.3) is 5.89 Å². The van der Waals surface area contributed by atoms with Crippen molar-refractivity contribution in [1.82, 2.24) is 25.7 Å². The van der Waals surface area contributed by atoms with Crippen LogP contribution in [0.1, 0.15) is 18.4 Å². The summed E-state index contributed by atoms with van der Waals surface area (Å²) in [6.07, 6.45) is -0.529. The molecule has 14 heteroatoms. The van der Waals surface area contributed by atoms with Crippen LogP contribution in [0.15, 0.2) is 27.6 Å². The van der Waals surface area contributed by atoms with Crippen molar-refractivity contribution in [2.75, 3.05) is 32.0 Å². The number of rotatable bonds is 5. The second-order valence-electron chi connectivity index (χ2n) is 8.17. The average Bonchev–Trinajstić information content (AvgIpc) is 3.48. The third kappa shape index (κ3) is 4.66. The molecule has 0 radical (unpaired) electrons. The third-order valence-corrected chi connectivity index (χ3v) is 7.91. The van der Waals surface area contributed by atoms with Crippen LogP contribution < -0.4 is 16.0 Å². The number of hydrogen-bond acceptors (Lipinski definition) is 8. The van der Waals surface area contributed by atoms with Crippen LogP contribution in [0.2, 0.25) is 0 Å². The molecular weight excluding hydrogens is 496 g/mol. The van der Waals surface area contributed by atoms with E-state index < -0.39 is 29.8 Å². The van der Waals surface area contributed by atoms with Crippen molar-refractivity contribution in [3.63, 3.8) is 0 Å². The van der Waals surface area contributed by atoms with Gasteiger partial charge in [-0.2, -0.15) is 18.2 Å². The van der Waals surface area contributed by atoms with Gasteiger partial charge in [0.05, 0.1) is 21.3 Å². The lowest BCUT2D eigenvalue weighted by atomic mass is 10.0. The first kappa shape index (κ1) is 23.2. The Morgan fingerprint density at radius 2 is 2.18 bits per heavy atom. The van der Waals surface area contributed by atoms with E-state index in [-0.39, 0.29) is 46.3 Å². The lowest BCUT2D eigenvalue weighted by Crippen LogP contribution is -2.46. The van der Waals surface area contributed by atoms with Crippen molar-refractivity contribution >= 4 is 44.9 Å². The quantitative estimate of drug-likeness (QED) is 0.342. The summed E-state index contributed by atoms with van der Waals surface area (Å²) in [6, 6.07) is 3.57. The number of halogens is 4. The summed E-state index contributed by atoms with van der Waals surface area (Å²) in [5.74, 6) is 0.0939. The Labute approximate surface area is 199 Å². The van der Waals surface area contributed by atoms with E-state index in [9.17, 15) is 22.4 Å². The summed E-state index contributed by atoms with van der Waals surface area (Å²) in [5.41, 5.74) is -3.98. The number of anilines is 1. The van der Waals surface area contributed by atoms with Crippen LogP contribution in [-0.2, 0) is 0 Å². The fraction of sp³-hybridized carbons (Fsp3) is 0.450. The molecule has 2 saturated heterocycles. The minimum Gasteiger partial charge on any atom is -0.378 e. The first-order valence-corrected chi connectivity index (χ1v) is 12.1. The largest absolute Gasteiger partial charge is 0.446 e. The second kappa shape index (κ2) is 8.89. The predicted octanol–water partition coefficient (Wildman–Crippen LogP) is 4.37. The molecule has 3 aromatic rings. The zero-order valence-electron chi connectivity index (χ0n) is 17.8. The number of thiophene rings is 1. The molecule has 0 aliphatic carbocycles. The summed E-state index contributed by atoms with van der Waals surface area (Å²) < 4.78 is 60.8. The minimum atomic E-state index is -4.54. The summed E-state index contributed by atoms with van der Waals surface area (Å²) in [7, 11) is 1.85. The van der Waals surface area contributed by atoms with E-state index in [1.54, 1.807) is 18.2 Å². The average molecular weight is 517 g/mol. The van der Waals surface area contributed by atoms with Gasteiger partial charge in [0.1, 0.15) is 12.2 Å². The number of alkyl halides is 4. The Hall–Kier alpha value is -2.58.